The maximum Gasteiger partial charge on any atom is 0.124 e. The molecule has 30 heavy (non-hydrogen) atoms. The van der Waals surface area contributed by atoms with E-state index in [2.05, 4.69) is 53.7 Å². The minimum absolute atomic E-state index is 0.0837. The van der Waals surface area contributed by atoms with Gasteiger partial charge in [-0.1, -0.05) is 79.1 Å². The van der Waals surface area contributed by atoms with Crippen molar-refractivity contribution in [3.05, 3.63) is 23.3 Å². The molecule has 0 fully saturated rings. The molecule has 1 aromatic carbocycles. The van der Waals surface area contributed by atoms with E-state index in [-0.39, 0.29) is 5.60 Å². The fourth-order valence-corrected chi connectivity index (χ4v) is 4.81. The van der Waals surface area contributed by atoms with Gasteiger partial charge in [-0.25, -0.2) is 0 Å². The minimum atomic E-state index is -0.0837. The van der Waals surface area contributed by atoms with Crippen molar-refractivity contribution < 1.29 is 9.47 Å². The van der Waals surface area contributed by atoms with Crippen LogP contribution in [0.3, 0.4) is 0 Å². The largest absolute Gasteiger partial charge is 0.493 e. The Morgan fingerprint density at radius 1 is 1.00 bits per heavy atom. The fourth-order valence-electron chi connectivity index (χ4n) is 4.81. The molecule has 0 aromatic heterocycles. The van der Waals surface area contributed by atoms with Crippen LogP contribution < -0.4 is 9.47 Å². The number of unbranched alkanes of at least 4 members (excludes halogenated alkanes) is 6. The van der Waals surface area contributed by atoms with E-state index < -0.39 is 0 Å². The second kappa shape index (κ2) is 12.6. The third kappa shape index (κ3) is 7.82. The molecule has 172 valence electrons. The molecule has 1 aliphatic heterocycles. The molecule has 0 radical (unpaired) electrons. The summed E-state index contributed by atoms with van der Waals surface area (Å²) in [4.78, 5) is 0. The van der Waals surface area contributed by atoms with E-state index in [9.17, 15) is 0 Å². The van der Waals surface area contributed by atoms with Gasteiger partial charge in [-0.05, 0) is 69.1 Å². The molecule has 0 N–H and O–H groups in total. The number of hydrogen-bond donors (Lipinski definition) is 0. The predicted molar refractivity (Wildman–Crippen MR) is 130 cm³/mol. The Labute approximate surface area is 187 Å². The molecule has 2 nitrogen and oxygen atoms in total. The Morgan fingerprint density at radius 2 is 1.70 bits per heavy atom. The molecule has 0 bridgehead atoms. The second-order valence-corrected chi connectivity index (χ2v) is 10.2. The molecule has 1 heterocycles. The van der Waals surface area contributed by atoms with Gasteiger partial charge < -0.3 is 9.47 Å². The van der Waals surface area contributed by atoms with E-state index in [4.69, 9.17) is 9.47 Å². The van der Waals surface area contributed by atoms with Gasteiger partial charge in [-0.3, -0.25) is 0 Å². The highest BCUT2D eigenvalue weighted by molar-refractivity contribution is 5.49. The van der Waals surface area contributed by atoms with E-state index in [1.165, 1.54) is 75.3 Å². The minimum Gasteiger partial charge on any atom is -0.493 e. The molecule has 1 aromatic rings. The summed E-state index contributed by atoms with van der Waals surface area (Å²) in [6.45, 7) is 14.5. The van der Waals surface area contributed by atoms with Gasteiger partial charge in [0.2, 0.25) is 0 Å². The molecule has 1 aliphatic rings. The number of aryl methyl sites for hydroxylation is 1. The maximum absolute atomic E-state index is 6.49. The van der Waals surface area contributed by atoms with Crippen molar-refractivity contribution in [1.82, 2.24) is 0 Å². The van der Waals surface area contributed by atoms with Gasteiger partial charge in [-0.2, -0.15) is 0 Å². The Kier molecular flexibility index (Phi) is 10.6. The van der Waals surface area contributed by atoms with Crippen molar-refractivity contribution in [2.45, 2.75) is 130 Å². The van der Waals surface area contributed by atoms with E-state index >= 15 is 0 Å². The lowest BCUT2D eigenvalue weighted by Crippen LogP contribution is -2.34. The summed E-state index contributed by atoms with van der Waals surface area (Å²) < 4.78 is 12.9. The molecular formula is C28H48O2. The van der Waals surface area contributed by atoms with Crippen molar-refractivity contribution in [3.8, 4) is 11.5 Å². The van der Waals surface area contributed by atoms with Crippen LogP contribution in [0.15, 0.2) is 12.1 Å². The van der Waals surface area contributed by atoms with Gasteiger partial charge in [0, 0.05) is 5.56 Å². The summed E-state index contributed by atoms with van der Waals surface area (Å²) in [7, 11) is 0. The van der Waals surface area contributed by atoms with Gasteiger partial charge in [0.25, 0.3) is 0 Å². The number of ether oxygens (including phenoxy) is 2. The molecule has 0 spiro atoms. The van der Waals surface area contributed by atoms with Crippen LogP contribution in [0.4, 0.5) is 0 Å². The molecule has 0 aliphatic carbocycles. The summed E-state index contributed by atoms with van der Waals surface area (Å²) in [6.07, 6.45) is 15.2. The van der Waals surface area contributed by atoms with E-state index in [1.54, 1.807) is 0 Å². The van der Waals surface area contributed by atoms with E-state index in [1.807, 2.05) is 0 Å². The van der Waals surface area contributed by atoms with Crippen LogP contribution in [-0.4, -0.2) is 12.2 Å². The third-order valence-corrected chi connectivity index (χ3v) is 6.73. The second-order valence-electron chi connectivity index (χ2n) is 10.2. The van der Waals surface area contributed by atoms with Gasteiger partial charge in [0.15, 0.2) is 0 Å². The third-order valence-electron chi connectivity index (χ3n) is 6.73. The average molecular weight is 417 g/mol. The highest BCUT2D eigenvalue weighted by Gasteiger charge is 2.32. The highest BCUT2D eigenvalue weighted by atomic mass is 16.5. The van der Waals surface area contributed by atoms with E-state index in [0.717, 1.165) is 30.9 Å². The Morgan fingerprint density at radius 3 is 2.40 bits per heavy atom. The summed E-state index contributed by atoms with van der Waals surface area (Å²) in [5, 5.41) is 0. The van der Waals surface area contributed by atoms with Crippen molar-refractivity contribution >= 4 is 0 Å². The van der Waals surface area contributed by atoms with Gasteiger partial charge >= 0.3 is 0 Å². The van der Waals surface area contributed by atoms with Crippen LogP contribution in [0, 0.1) is 5.92 Å². The molecule has 0 amide bonds. The predicted octanol–water partition coefficient (Wildman–Crippen LogP) is 8.85. The standard InChI is InChI=1S/C28H48O2/c1-7-10-12-13-14-15-17-24-18-27-25(22(4)20-28(5,6)30-27)19-26(24)29-21-23(9-3)16-11-8-2/h18-19,22-23H,7-17,20-21H2,1-6H3. The fraction of sp³-hybridized carbons (Fsp3) is 0.786. The molecule has 2 unspecified atom stereocenters. The smallest absolute Gasteiger partial charge is 0.124 e. The molecular weight excluding hydrogens is 368 g/mol. The van der Waals surface area contributed by atoms with Crippen LogP contribution in [0.1, 0.15) is 129 Å². The van der Waals surface area contributed by atoms with Gasteiger partial charge in [0.05, 0.1) is 6.61 Å². The Hall–Kier alpha value is -1.18. The van der Waals surface area contributed by atoms with Crippen molar-refractivity contribution in [2.75, 3.05) is 6.61 Å². The molecule has 0 saturated heterocycles. The summed E-state index contributed by atoms with van der Waals surface area (Å²) in [6, 6.07) is 4.62. The normalized spacial score (nSPS) is 18.5. The lowest BCUT2D eigenvalue weighted by Gasteiger charge is -2.37. The maximum atomic E-state index is 6.49. The van der Waals surface area contributed by atoms with Crippen LogP contribution in [0.2, 0.25) is 0 Å². The quantitative estimate of drug-likeness (QED) is 0.282. The first-order chi connectivity index (χ1) is 14.4. The van der Waals surface area contributed by atoms with Crippen molar-refractivity contribution in [1.29, 1.82) is 0 Å². The first kappa shape index (κ1) is 25.1. The zero-order chi connectivity index (χ0) is 22.0. The molecule has 0 saturated carbocycles. The van der Waals surface area contributed by atoms with Crippen LogP contribution >= 0.6 is 0 Å². The van der Waals surface area contributed by atoms with Crippen molar-refractivity contribution in [3.63, 3.8) is 0 Å². The first-order valence-corrected chi connectivity index (χ1v) is 12.9. The zero-order valence-corrected chi connectivity index (χ0v) is 20.8. The van der Waals surface area contributed by atoms with Crippen LogP contribution in [-0.2, 0) is 6.42 Å². The SMILES string of the molecule is CCCCCCCCc1cc2c(cc1OCC(CC)CCCC)C(C)CC(C)(C)O2. The van der Waals surface area contributed by atoms with Crippen LogP contribution in [0.5, 0.6) is 11.5 Å². The topological polar surface area (TPSA) is 18.5 Å². The molecule has 2 heteroatoms. The van der Waals surface area contributed by atoms with Gasteiger partial charge in [0.1, 0.15) is 17.1 Å². The summed E-state index contributed by atoms with van der Waals surface area (Å²) >= 11 is 0. The Balaban J connectivity index is 2.12. The average Bonchev–Trinajstić information content (AvgIpc) is 2.70. The first-order valence-electron chi connectivity index (χ1n) is 12.9. The number of fused-ring (bicyclic) bond motifs is 1. The molecule has 2 atom stereocenters. The summed E-state index contributed by atoms with van der Waals surface area (Å²) in [5.41, 5.74) is 2.59. The lowest BCUT2D eigenvalue weighted by molar-refractivity contribution is 0.0742. The molecule has 2 rings (SSSR count). The van der Waals surface area contributed by atoms with Crippen LogP contribution in [0.25, 0.3) is 0 Å². The number of rotatable bonds is 14. The highest BCUT2D eigenvalue weighted by Crippen LogP contribution is 2.44. The summed E-state index contributed by atoms with van der Waals surface area (Å²) in [5.74, 6) is 3.38. The lowest BCUT2D eigenvalue weighted by atomic mass is 9.84. The van der Waals surface area contributed by atoms with E-state index in [0.29, 0.717) is 11.8 Å². The van der Waals surface area contributed by atoms with Gasteiger partial charge in [-0.15, -0.1) is 0 Å². The number of hydrogen-bond acceptors (Lipinski definition) is 2. The monoisotopic (exact) mass is 416 g/mol. The zero-order valence-electron chi connectivity index (χ0n) is 20.8. The number of benzene rings is 1. The van der Waals surface area contributed by atoms with Crippen molar-refractivity contribution in [2.24, 2.45) is 5.92 Å². The Bertz CT molecular complexity index is 619.